The van der Waals surface area contributed by atoms with Crippen LogP contribution in [0.3, 0.4) is 0 Å². The van der Waals surface area contributed by atoms with Crippen molar-refractivity contribution in [3.63, 3.8) is 0 Å². The highest BCUT2D eigenvalue weighted by Gasteiger charge is 2.32. The predicted octanol–water partition coefficient (Wildman–Crippen LogP) is 2.89. The molecule has 4 nitrogen and oxygen atoms in total. The summed E-state index contributed by atoms with van der Waals surface area (Å²) in [4.78, 5) is 6.95. The molecule has 1 fully saturated rings. The molecule has 1 aliphatic rings. The second kappa shape index (κ2) is 5.93. The third kappa shape index (κ3) is 4.17. The summed E-state index contributed by atoms with van der Waals surface area (Å²) in [6.07, 6.45) is 2.01. The quantitative estimate of drug-likeness (QED) is 0.929. The zero-order chi connectivity index (χ0) is 15.7. The lowest BCUT2D eigenvalue weighted by Gasteiger charge is -2.44. The molecule has 1 N–H and O–H groups in total. The monoisotopic (exact) mass is 291 g/mol. The Kier molecular flexibility index (Phi) is 4.59. The van der Waals surface area contributed by atoms with Crippen LogP contribution in [0.4, 0.5) is 5.69 Å². The summed E-state index contributed by atoms with van der Waals surface area (Å²) in [5, 5.41) is 3.57. The lowest BCUT2D eigenvalue weighted by Crippen LogP contribution is -2.53. The molecule has 0 amide bonds. The Morgan fingerprint density at radius 2 is 2.10 bits per heavy atom. The van der Waals surface area contributed by atoms with Crippen molar-refractivity contribution in [3.8, 4) is 0 Å². The Balaban J connectivity index is 2.30. The molecule has 0 aliphatic carbocycles. The summed E-state index contributed by atoms with van der Waals surface area (Å²) < 4.78 is 5.65. The van der Waals surface area contributed by atoms with Gasteiger partial charge in [-0.2, -0.15) is 0 Å². The van der Waals surface area contributed by atoms with Gasteiger partial charge in [-0.3, -0.25) is 4.98 Å². The van der Waals surface area contributed by atoms with E-state index in [2.05, 4.69) is 62.8 Å². The molecule has 1 aliphatic heterocycles. The second-order valence-corrected chi connectivity index (χ2v) is 7.57. The average molecular weight is 291 g/mol. The highest BCUT2D eigenvalue weighted by atomic mass is 16.5. The van der Waals surface area contributed by atoms with Gasteiger partial charge in [0.1, 0.15) is 0 Å². The summed E-state index contributed by atoms with van der Waals surface area (Å²) >= 11 is 0. The minimum Gasteiger partial charge on any atom is -0.377 e. The number of aromatic nitrogens is 1. The van der Waals surface area contributed by atoms with Crippen molar-refractivity contribution in [3.05, 3.63) is 23.5 Å². The first kappa shape index (κ1) is 16.2. The fourth-order valence-corrected chi connectivity index (χ4v) is 2.63. The van der Waals surface area contributed by atoms with Gasteiger partial charge in [0.2, 0.25) is 0 Å². The Bertz CT molecular complexity index is 491. The number of nitrogens with one attached hydrogen (secondary N) is 1. The van der Waals surface area contributed by atoms with Crippen molar-refractivity contribution < 1.29 is 4.74 Å². The number of hydrogen-bond acceptors (Lipinski definition) is 4. The fraction of sp³-hybridized carbons (Fsp3) is 0.706. The summed E-state index contributed by atoms with van der Waals surface area (Å²) in [5.74, 6) is 0. The van der Waals surface area contributed by atoms with Gasteiger partial charge in [0.05, 0.1) is 18.8 Å². The van der Waals surface area contributed by atoms with E-state index < -0.39 is 0 Å². The number of aryl methyl sites for hydroxylation is 1. The van der Waals surface area contributed by atoms with Crippen LogP contribution in [-0.4, -0.2) is 35.8 Å². The minimum atomic E-state index is 0.0164. The van der Waals surface area contributed by atoms with E-state index in [1.54, 1.807) is 0 Å². The molecule has 2 heterocycles. The lowest BCUT2D eigenvalue weighted by atomic mass is 9.99. The molecule has 0 atom stereocenters. The van der Waals surface area contributed by atoms with Gasteiger partial charge >= 0.3 is 0 Å². The molecule has 2 rings (SSSR count). The zero-order valence-corrected chi connectivity index (χ0v) is 14.3. The molecule has 1 aromatic rings. The number of ether oxygens (including phenoxy) is 1. The van der Waals surface area contributed by atoms with Crippen LogP contribution in [0.5, 0.6) is 0 Å². The average Bonchev–Trinajstić information content (AvgIpc) is 2.35. The van der Waals surface area contributed by atoms with Crippen LogP contribution in [0.25, 0.3) is 0 Å². The lowest BCUT2D eigenvalue weighted by molar-refractivity contribution is 0.0642. The van der Waals surface area contributed by atoms with E-state index in [1.807, 2.05) is 6.20 Å². The second-order valence-electron chi connectivity index (χ2n) is 7.57. The van der Waals surface area contributed by atoms with E-state index in [1.165, 1.54) is 11.3 Å². The molecular weight excluding hydrogens is 262 g/mol. The number of nitrogens with zero attached hydrogens (tertiary/aromatic N) is 2. The molecule has 118 valence electrons. The van der Waals surface area contributed by atoms with Gasteiger partial charge in [0.25, 0.3) is 0 Å². The number of anilines is 1. The fourth-order valence-electron chi connectivity index (χ4n) is 2.63. The van der Waals surface area contributed by atoms with Gasteiger partial charge in [-0.25, -0.2) is 0 Å². The first-order valence-electron chi connectivity index (χ1n) is 7.75. The van der Waals surface area contributed by atoms with E-state index in [-0.39, 0.29) is 11.1 Å². The van der Waals surface area contributed by atoms with Crippen molar-refractivity contribution in [2.45, 2.75) is 59.2 Å². The third-order valence-corrected chi connectivity index (χ3v) is 3.84. The van der Waals surface area contributed by atoms with Gasteiger partial charge < -0.3 is 15.0 Å². The molecule has 1 aromatic heterocycles. The van der Waals surface area contributed by atoms with Crippen molar-refractivity contribution in [1.29, 1.82) is 0 Å². The summed E-state index contributed by atoms with van der Waals surface area (Å²) in [6, 6.07) is 2.20. The standard InChI is InChI=1S/C17H29N3O/c1-13-9-15(20-7-8-21-12-17(20,5)6)14(10-18-13)11-19-16(2,3)4/h9-10,19H,7-8,11-12H2,1-6H3. The Hall–Kier alpha value is -1.13. The van der Waals surface area contributed by atoms with E-state index in [0.717, 1.165) is 32.0 Å². The first-order valence-corrected chi connectivity index (χ1v) is 7.75. The molecular formula is C17H29N3O. The molecule has 0 unspecified atom stereocenters. The van der Waals surface area contributed by atoms with Crippen molar-refractivity contribution in [1.82, 2.24) is 10.3 Å². The topological polar surface area (TPSA) is 37.4 Å². The molecule has 0 saturated carbocycles. The van der Waals surface area contributed by atoms with Crippen LogP contribution >= 0.6 is 0 Å². The molecule has 1 saturated heterocycles. The van der Waals surface area contributed by atoms with Gasteiger partial charge in [-0.05, 0) is 47.6 Å². The number of rotatable bonds is 3. The summed E-state index contributed by atoms with van der Waals surface area (Å²) in [5.41, 5.74) is 3.72. The number of hydrogen-bond donors (Lipinski definition) is 1. The Labute approximate surface area is 128 Å². The Morgan fingerprint density at radius 3 is 2.71 bits per heavy atom. The van der Waals surface area contributed by atoms with Gasteiger partial charge in [0, 0.05) is 41.8 Å². The molecule has 0 radical (unpaired) electrons. The molecule has 0 spiro atoms. The van der Waals surface area contributed by atoms with Crippen molar-refractivity contribution in [2.24, 2.45) is 0 Å². The van der Waals surface area contributed by atoms with E-state index in [4.69, 9.17) is 4.74 Å². The molecule has 0 aromatic carbocycles. The van der Waals surface area contributed by atoms with E-state index in [0.29, 0.717) is 0 Å². The normalized spacial score (nSPS) is 18.9. The van der Waals surface area contributed by atoms with Crippen LogP contribution < -0.4 is 10.2 Å². The smallest absolute Gasteiger partial charge is 0.0694 e. The van der Waals surface area contributed by atoms with Crippen LogP contribution in [0.15, 0.2) is 12.3 Å². The molecule has 4 heteroatoms. The predicted molar refractivity (Wildman–Crippen MR) is 87.8 cm³/mol. The summed E-state index contributed by atoms with van der Waals surface area (Å²) in [6.45, 7) is 16.4. The van der Waals surface area contributed by atoms with Gasteiger partial charge in [-0.15, -0.1) is 0 Å². The highest BCUT2D eigenvalue weighted by molar-refractivity contribution is 5.56. The van der Waals surface area contributed by atoms with Gasteiger partial charge in [-0.1, -0.05) is 0 Å². The van der Waals surface area contributed by atoms with Crippen LogP contribution in [0, 0.1) is 6.92 Å². The van der Waals surface area contributed by atoms with Crippen molar-refractivity contribution in [2.75, 3.05) is 24.7 Å². The zero-order valence-electron chi connectivity index (χ0n) is 14.3. The van der Waals surface area contributed by atoms with Crippen LogP contribution in [0.2, 0.25) is 0 Å². The summed E-state index contributed by atoms with van der Waals surface area (Å²) in [7, 11) is 0. The molecule has 0 bridgehead atoms. The van der Waals surface area contributed by atoms with Gasteiger partial charge in [0.15, 0.2) is 0 Å². The largest absolute Gasteiger partial charge is 0.377 e. The minimum absolute atomic E-state index is 0.0164. The molecule has 21 heavy (non-hydrogen) atoms. The maximum absolute atomic E-state index is 5.65. The SMILES string of the molecule is Cc1cc(N2CCOCC2(C)C)c(CNC(C)(C)C)cn1. The third-order valence-electron chi connectivity index (χ3n) is 3.84. The maximum Gasteiger partial charge on any atom is 0.0694 e. The number of morpholine rings is 1. The van der Waals surface area contributed by atoms with Crippen LogP contribution in [-0.2, 0) is 11.3 Å². The Morgan fingerprint density at radius 1 is 1.38 bits per heavy atom. The van der Waals surface area contributed by atoms with Crippen LogP contribution in [0.1, 0.15) is 45.9 Å². The van der Waals surface area contributed by atoms with Crippen molar-refractivity contribution >= 4 is 5.69 Å². The first-order chi connectivity index (χ1) is 9.69. The highest BCUT2D eigenvalue weighted by Crippen LogP contribution is 2.30. The maximum atomic E-state index is 5.65. The van der Waals surface area contributed by atoms with E-state index in [9.17, 15) is 0 Å². The van der Waals surface area contributed by atoms with E-state index >= 15 is 0 Å². The number of pyridine rings is 1.